The second-order valence-corrected chi connectivity index (χ2v) is 7.23. The molecule has 2 N–H and O–H groups in total. The third-order valence-electron chi connectivity index (χ3n) is 4.29. The lowest BCUT2D eigenvalue weighted by Crippen LogP contribution is -2.38. The Morgan fingerprint density at radius 3 is 2.72 bits per heavy atom. The summed E-state index contributed by atoms with van der Waals surface area (Å²) in [5.74, 6) is 2.90. The van der Waals surface area contributed by atoms with Gasteiger partial charge in [0, 0.05) is 33.1 Å². The van der Waals surface area contributed by atoms with Crippen LogP contribution < -0.4 is 10.6 Å². The lowest BCUT2D eigenvalue weighted by Gasteiger charge is -2.13. The van der Waals surface area contributed by atoms with Crippen LogP contribution in [0.5, 0.6) is 0 Å². The number of thioether (sulfide) groups is 1. The Kier molecular flexibility index (Phi) is 12.2. The van der Waals surface area contributed by atoms with Crippen molar-refractivity contribution in [1.82, 2.24) is 25.4 Å². The minimum atomic E-state index is -0.217. The zero-order valence-corrected chi connectivity index (χ0v) is 20.5. The highest BCUT2D eigenvalue weighted by Crippen LogP contribution is 2.17. The van der Waals surface area contributed by atoms with Crippen LogP contribution in [0.4, 0.5) is 4.39 Å². The molecule has 0 aliphatic rings. The van der Waals surface area contributed by atoms with Gasteiger partial charge >= 0.3 is 0 Å². The fourth-order valence-electron chi connectivity index (χ4n) is 2.57. The first-order chi connectivity index (χ1) is 13.5. The maximum atomic E-state index is 13.6. The Morgan fingerprint density at radius 2 is 2.07 bits per heavy atom. The van der Waals surface area contributed by atoms with Gasteiger partial charge in [-0.2, -0.15) is 11.8 Å². The van der Waals surface area contributed by atoms with Crippen molar-refractivity contribution in [1.29, 1.82) is 0 Å². The van der Waals surface area contributed by atoms with Crippen LogP contribution in [-0.2, 0) is 30.6 Å². The molecule has 0 aliphatic carbocycles. The van der Waals surface area contributed by atoms with E-state index in [1.54, 1.807) is 31.0 Å². The fourth-order valence-corrected chi connectivity index (χ4v) is 3.15. The number of methoxy groups -OCH3 is 1. The summed E-state index contributed by atoms with van der Waals surface area (Å²) in [5.41, 5.74) is 1.99. The molecule has 7 nitrogen and oxygen atoms in total. The molecule has 0 fully saturated rings. The van der Waals surface area contributed by atoms with Crippen molar-refractivity contribution in [2.24, 2.45) is 12.0 Å². The molecule has 2 aromatic rings. The highest BCUT2D eigenvalue weighted by molar-refractivity contribution is 14.0. The van der Waals surface area contributed by atoms with Gasteiger partial charge in [-0.3, -0.25) is 0 Å². The third-order valence-corrected chi connectivity index (χ3v) is 4.89. The van der Waals surface area contributed by atoms with Crippen LogP contribution >= 0.6 is 35.7 Å². The molecule has 0 bridgehead atoms. The zero-order chi connectivity index (χ0) is 20.4. The maximum absolute atomic E-state index is 13.6. The second-order valence-electron chi connectivity index (χ2n) is 6.36. The van der Waals surface area contributed by atoms with E-state index >= 15 is 0 Å². The zero-order valence-electron chi connectivity index (χ0n) is 17.4. The van der Waals surface area contributed by atoms with Crippen LogP contribution in [-0.4, -0.2) is 47.2 Å². The van der Waals surface area contributed by atoms with Crippen molar-refractivity contribution in [2.45, 2.75) is 32.2 Å². The molecule has 0 atom stereocenters. The first-order valence-electron chi connectivity index (χ1n) is 9.17. The number of aromatic nitrogens is 3. The highest BCUT2D eigenvalue weighted by atomic mass is 127. The van der Waals surface area contributed by atoms with Gasteiger partial charge in [0.25, 0.3) is 0 Å². The van der Waals surface area contributed by atoms with Gasteiger partial charge in [0.2, 0.25) is 0 Å². The molecule has 0 aliphatic heterocycles. The van der Waals surface area contributed by atoms with Gasteiger partial charge in [-0.15, -0.1) is 34.2 Å². The number of hydrogen-bond donors (Lipinski definition) is 2. The van der Waals surface area contributed by atoms with Gasteiger partial charge in [0.05, 0.1) is 13.1 Å². The number of ether oxygens (including phenoxy) is 1. The molecule has 1 aromatic carbocycles. The van der Waals surface area contributed by atoms with E-state index in [4.69, 9.17) is 4.74 Å². The van der Waals surface area contributed by atoms with E-state index in [0.717, 1.165) is 41.5 Å². The molecule has 0 radical (unpaired) electrons. The van der Waals surface area contributed by atoms with Gasteiger partial charge in [-0.1, -0.05) is 6.07 Å². The summed E-state index contributed by atoms with van der Waals surface area (Å²) in [7, 11) is 3.62. The normalized spacial score (nSPS) is 11.3. The van der Waals surface area contributed by atoms with Gasteiger partial charge < -0.3 is 19.9 Å². The number of rotatable bonds is 10. The predicted molar refractivity (Wildman–Crippen MR) is 127 cm³/mol. The minimum absolute atomic E-state index is 0. The fraction of sp³-hybridized carbons (Fsp3) is 0.526. The van der Waals surface area contributed by atoms with Crippen LogP contribution in [0, 0.1) is 12.7 Å². The Labute approximate surface area is 193 Å². The number of nitrogens with zero attached hydrogens (tertiary/aromatic N) is 4. The molecule has 1 aromatic heterocycles. The second kappa shape index (κ2) is 13.8. The van der Waals surface area contributed by atoms with Gasteiger partial charge in [-0.25, -0.2) is 9.38 Å². The van der Waals surface area contributed by atoms with Crippen LogP contribution in [0.1, 0.15) is 29.2 Å². The van der Waals surface area contributed by atoms with Crippen molar-refractivity contribution >= 4 is 41.7 Å². The summed E-state index contributed by atoms with van der Waals surface area (Å²) in [6, 6.07) is 4.87. The lowest BCUT2D eigenvalue weighted by atomic mass is 10.1. The van der Waals surface area contributed by atoms with Crippen LogP contribution in [0.2, 0.25) is 0 Å². The Morgan fingerprint density at radius 1 is 1.28 bits per heavy atom. The molecule has 0 spiro atoms. The van der Waals surface area contributed by atoms with Crippen molar-refractivity contribution < 1.29 is 9.13 Å². The maximum Gasteiger partial charge on any atom is 0.191 e. The first-order valence-corrected chi connectivity index (χ1v) is 10.6. The van der Waals surface area contributed by atoms with E-state index < -0.39 is 0 Å². The molecule has 0 saturated carbocycles. The van der Waals surface area contributed by atoms with Gasteiger partial charge in [0.15, 0.2) is 11.8 Å². The van der Waals surface area contributed by atoms with Gasteiger partial charge in [-0.05, 0) is 42.9 Å². The number of guanidine groups is 1. The topological polar surface area (TPSA) is 76.4 Å². The number of aryl methyl sites for hydroxylation is 1. The SMILES string of the molecule is COCCCNC(=NCc1ccc(F)cc1CSC)NCc1nnc(C)n1C.I. The number of aliphatic imine (C=N–C) groups is 1. The van der Waals surface area contributed by atoms with Crippen molar-refractivity contribution in [3.63, 3.8) is 0 Å². The summed E-state index contributed by atoms with van der Waals surface area (Å²) in [5, 5.41) is 14.8. The van der Waals surface area contributed by atoms with Crippen LogP contribution in [0.25, 0.3) is 0 Å². The standard InChI is InChI=1S/C19H29FN6OS.HI/c1-14-24-25-18(26(14)2)12-23-19(21-8-5-9-27-3)22-11-15-6-7-17(20)10-16(15)13-28-4;/h6-7,10H,5,8-9,11-13H2,1-4H3,(H2,21,22,23);1H. The molecule has 10 heteroatoms. The lowest BCUT2D eigenvalue weighted by molar-refractivity contribution is 0.195. The largest absolute Gasteiger partial charge is 0.385 e. The molecule has 0 unspecified atom stereocenters. The molecule has 1 heterocycles. The number of hydrogen-bond acceptors (Lipinski definition) is 5. The van der Waals surface area contributed by atoms with E-state index in [9.17, 15) is 4.39 Å². The molecule has 2 rings (SSSR count). The summed E-state index contributed by atoms with van der Waals surface area (Å²) in [6.45, 7) is 4.30. The Hall–Kier alpha value is -1.40. The van der Waals surface area contributed by atoms with E-state index in [-0.39, 0.29) is 29.8 Å². The van der Waals surface area contributed by atoms with E-state index in [1.807, 2.05) is 24.8 Å². The monoisotopic (exact) mass is 536 g/mol. The average molecular weight is 536 g/mol. The average Bonchev–Trinajstić information content (AvgIpc) is 3.00. The van der Waals surface area contributed by atoms with Crippen LogP contribution in [0.3, 0.4) is 0 Å². The molecule has 29 heavy (non-hydrogen) atoms. The first kappa shape index (κ1) is 25.6. The third kappa shape index (κ3) is 8.47. The molecular weight excluding hydrogens is 506 g/mol. The quantitative estimate of drug-likeness (QED) is 0.211. The smallest absolute Gasteiger partial charge is 0.191 e. The van der Waals surface area contributed by atoms with E-state index in [0.29, 0.717) is 25.7 Å². The molecule has 162 valence electrons. The number of halogens is 2. The minimum Gasteiger partial charge on any atom is -0.385 e. The van der Waals surface area contributed by atoms with Crippen LogP contribution in [0.15, 0.2) is 23.2 Å². The van der Waals surface area contributed by atoms with Crippen molar-refractivity contribution in [3.05, 3.63) is 46.8 Å². The highest BCUT2D eigenvalue weighted by Gasteiger charge is 2.08. The van der Waals surface area contributed by atoms with E-state index in [2.05, 4.69) is 25.8 Å². The van der Waals surface area contributed by atoms with Crippen molar-refractivity contribution in [2.75, 3.05) is 26.5 Å². The Balaban J connectivity index is 0.00000420. The van der Waals surface area contributed by atoms with Gasteiger partial charge in [0.1, 0.15) is 11.6 Å². The molecular formula is C19H30FIN6OS. The summed E-state index contributed by atoms with van der Waals surface area (Å²) in [4.78, 5) is 4.68. The number of nitrogens with one attached hydrogen (secondary N) is 2. The Bertz CT molecular complexity index is 786. The van der Waals surface area contributed by atoms with E-state index in [1.165, 1.54) is 6.07 Å². The predicted octanol–water partition coefficient (Wildman–Crippen LogP) is 3.02. The molecule has 0 saturated heterocycles. The summed E-state index contributed by atoms with van der Waals surface area (Å²) in [6.07, 6.45) is 2.87. The van der Waals surface area contributed by atoms with Crippen molar-refractivity contribution in [3.8, 4) is 0 Å². The number of benzene rings is 1. The summed E-state index contributed by atoms with van der Waals surface area (Å²) < 4.78 is 20.6. The summed E-state index contributed by atoms with van der Waals surface area (Å²) >= 11 is 1.66. The molecule has 0 amide bonds.